The average Bonchev–Trinajstić information content (AvgIpc) is 3.09. The first-order chi connectivity index (χ1) is 14.1. The largest absolute Gasteiger partial charge is 0.446 e. The number of H-pyrrole nitrogens is 1. The van der Waals surface area contributed by atoms with Gasteiger partial charge in [0.05, 0.1) is 11.8 Å². The van der Waals surface area contributed by atoms with Crippen molar-refractivity contribution in [1.29, 1.82) is 0 Å². The van der Waals surface area contributed by atoms with E-state index in [0.29, 0.717) is 12.5 Å². The van der Waals surface area contributed by atoms with Crippen molar-refractivity contribution in [2.24, 2.45) is 0 Å². The summed E-state index contributed by atoms with van der Waals surface area (Å²) in [4.78, 5) is 16.9. The van der Waals surface area contributed by atoms with Gasteiger partial charge in [-0.3, -0.25) is 10.1 Å². The van der Waals surface area contributed by atoms with E-state index in [0.717, 1.165) is 61.4 Å². The molecule has 6 bridgehead atoms. The molecule has 1 aliphatic heterocycles. The Labute approximate surface area is 169 Å². The third kappa shape index (κ3) is 4.07. The standard InChI is InChI=1S/C21H27N5O3/c1-13-17-11-15(4-8-22-17)23-19-12-18(25-26-19)14-2-3-16(10-14)29-20(27)24-21(5-6-21)7-9-28-13/h4,8,11-14,16H,2-3,5-7,9-10H2,1H3,(H,24,27)(H2,23,25,26)/t13-,14+,16-/m1/s1. The van der Waals surface area contributed by atoms with Crippen LogP contribution in [0.3, 0.4) is 0 Å². The molecule has 3 atom stereocenters. The molecule has 0 aromatic carbocycles. The highest BCUT2D eigenvalue weighted by molar-refractivity contribution is 5.69. The van der Waals surface area contributed by atoms with Crippen molar-refractivity contribution in [3.05, 3.63) is 35.8 Å². The molecule has 3 N–H and O–H groups in total. The van der Waals surface area contributed by atoms with Gasteiger partial charge in [0.2, 0.25) is 0 Å². The Kier molecular flexibility index (Phi) is 4.66. The number of rotatable bonds is 0. The molecule has 5 rings (SSSR count). The second kappa shape index (κ2) is 7.33. The summed E-state index contributed by atoms with van der Waals surface area (Å²) >= 11 is 0. The van der Waals surface area contributed by atoms with Crippen LogP contribution in [-0.2, 0) is 9.47 Å². The maximum Gasteiger partial charge on any atom is 0.407 e. The van der Waals surface area contributed by atoms with Crippen LogP contribution in [0.25, 0.3) is 0 Å². The normalized spacial score (nSPS) is 28.6. The summed E-state index contributed by atoms with van der Waals surface area (Å²) in [6.45, 7) is 2.56. The number of nitrogens with zero attached hydrogens (tertiary/aromatic N) is 2. The molecule has 2 aliphatic carbocycles. The number of aromatic amines is 1. The van der Waals surface area contributed by atoms with E-state index in [1.54, 1.807) is 6.20 Å². The number of amides is 1. The molecule has 3 heterocycles. The number of aromatic nitrogens is 3. The molecule has 2 aromatic heterocycles. The van der Waals surface area contributed by atoms with Crippen LogP contribution < -0.4 is 10.6 Å². The summed E-state index contributed by atoms with van der Waals surface area (Å²) in [6.07, 6.45) is 6.71. The molecular formula is C21H27N5O3. The van der Waals surface area contributed by atoms with Crippen LogP contribution in [0.1, 0.15) is 68.9 Å². The van der Waals surface area contributed by atoms with E-state index in [9.17, 15) is 4.79 Å². The van der Waals surface area contributed by atoms with Crippen LogP contribution in [0.15, 0.2) is 24.4 Å². The zero-order valence-electron chi connectivity index (χ0n) is 16.6. The number of carbonyl (C=O) groups excluding carboxylic acids is 1. The van der Waals surface area contributed by atoms with Gasteiger partial charge in [-0.1, -0.05) is 0 Å². The number of carbonyl (C=O) groups is 1. The molecule has 2 fully saturated rings. The fourth-order valence-corrected chi connectivity index (χ4v) is 4.34. The monoisotopic (exact) mass is 397 g/mol. The summed E-state index contributed by atoms with van der Waals surface area (Å²) in [5.41, 5.74) is 2.70. The van der Waals surface area contributed by atoms with Crippen molar-refractivity contribution < 1.29 is 14.3 Å². The Morgan fingerprint density at radius 3 is 2.97 bits per heavy atom. The molecule has 1 spiro atoms. The Hall–Kier alpha value is -2.61. The lowest BCUT2D eigenvalue weighted by Gasteiger charge is -2.21. The molecule has 8 heteroatoms. The van der Waals surface area contributed by atoms with Gasteiger partial charge in [-0.05, 0) is 57.6 Å². The lowest BCUT2D eigenvalue weighted by Crippen LogP contribution is -2.39. The third-order valence-corrected chi connectivity index (χ3v) is 6.33. The topological polar surface area (TPSA) is 101 Å². The summed E-state index contributed by atoms with van der Waals surface area (Å²) < 4.78 is 11.7. The number of pyridine rings is 1. The van der Waals surface area contributed by atoms with Crippen molar-refractivity contribution in [1.82, 2.24) is 20.5 Å². The Bertz CT molecular complexity index is 894. The second-order valence-electron chi connectivity index (χ2n) is 8.51. The predicted molar refractivity (Wildman–Crippen MR) is 107 cm³/mol. The summed E-state index contributed by atoms with van der Waals surface area (Å²) in [5.74, 6) is 1.09. The van der Waals surface area contributed by atoms with Crippen molar-refractivity contribution in [3.63, 3.8) is 0 Å². The molecule has 154 valence electrons. The summed E-state index contributed by atoms with van der Waals surface area (Å²) in [5, 5.41) is 14.0. The highest BCUT2D eigenvalue weighted by atomic mass is 16.6. The van der Waals surface area contributed by atoms with Crippen molar-refractivity contribution in [2.75, 3.05) is 11.9 Å². The van der Waals surface area contributed by atoms with Gasteiger partial charge in [0.1, 0.15) is 6.10 Å². The Morgan fingerprint density at radius 1 is 1.21 bits per heavy atom. The Morgan fingerprint density at radius 2 is 2.10 bits per heavy atom. The quantitative estimate of drug-likeness (QED) is 0.623. The van der Waals surface area contributed by atoms with Gasteiger partial charge in [0.15, 0.2) is 5.82 Å². The molecular weight excluding hydrogens is 370 g/mol. The van der Waals surface area contributed by atoms with E-state index < -0.39 is 0 Å². The molecule has 2 saturated carbocycles. The van der Waals surface area contributed by atoms with Crippen LogP contribution >= 0.6 is 0 Å². The molecule has 0 radical (unpaired) electrons. The van der Waals surface area contributed by atoms with Crippen LogP contribution in [0.5, 0.6) is 0 Å². The number of anilines is 2. The lowest BCUT2D eigenvalue weighted by molar-refractivity contribution is 0.0521. The van der Waals surface area contributed by atoms with Gasteiger partial charge >= 0.3 is 6.09 Å². The maximum absolute atomic E-state index is 12.4. The van der Waals surface area contributed by atoms with Gasteiger partial charge in [0.25, 0.3) is 0 Å². The minimum atomic E-state index is -0.302. The first kappa shape index (κ1) is 18.4. The molecule has 0 unspecified atom stereocenters. The van der Waals surface area contributed by atoms with E-state index in [4.69, 9.17) is 9.47 Å². The first-order valence-corrected chi connectivity index (χ1v) is 10.5. The fourth-order valence-electron chi connectivity index (χ4n) is 4.34. The highest BCUT2D eigenvalue weighted by Gasteiger charge is 2.44. The van der Waals surface area contributed by atoms with Crippen molar-refractivity contribution in [3.8, 4) is 0 Å². The fraction of sp³-hybridized carbons (Fsp3) is 0.571. The van der Waals surface area contributed by atoms with Crippen LogP contribution in [0, 0.1) is 0 Å². The number of hydrogen-bond acceptors (Lipinski definition) is 6. The third-order valence-electron chi connectivity index (χ3n) is 6.33. The Balaban J connectivity index is 1.38. The zero-order chi connectivity index (χ0) is 19.8. The van der Waals surface area contributed by atoms with E-state index in [1.807, 2.05) is 25.1 Å². The molecule has 29 heavy (non-hydrogen) atoms. The number of hydrogen-bond donors (Lipinski definition) is 3. The maximum atomic E-state index is 12.4. The second-order valence-corrected chi connectivity index (χ2v) is 8.51. The van der Waals surface area contributed by atoms with Gasteiger partial charge in [-0.2, -0.15) is 5.10 Å². The number of fused-ring (bicyclic) bond motifs is 7. The lowest BCUT2D eigenvalue weighted by atomic mass is 10.0. The van der Waals surface area contributed by atoms with Crippen LogP contribution in [-0.4, -0.2) is 39.5 Å². The molecule has 3 aliphatic rings. The van der Waals surface area contributed by atoms with E-state index in [-0.39, 0.29) is 23.8 Å². The average molecular weight is 397 g/mol. The van der Waals surface area contributed by atoms with E-state index >= 15 is 0 Å². The van der Waals surface area contributed by atoms with Gasteiger partial charge in [-0.15, -0.1) is 0 Å². The van der Waals surface area contributed by atoms with Crippen molar-refractivity contribution in [2.45, 2.75) is 69.1 Å². The highest BCUT2D eigenvalue weighted by Crippen LogP contribution is 2.40. The summed E-state index contributed by atoms with van der Waals surface area (Å²) in [6, 6.07) is 5.96. The SMILES string of the molecule is C[C@H]1OCCC2(CC2)NC(=O)O[C@@H]2CC[C@@H](C2)c2cc(n[nH]2)Nc2ccnc1c2. The number of nitrogens with one attached hydrogen (secondary N) is 3. The van der Waals surface area contributed by atoms with Gasteiger partial charge < -0.3 is 20.1 Å². The minimum absolute atomic E-state index is 0.0478. The van der Waals surface area contributed by atoms with E-state index in [1.165, 1.54) is 0 Å². The number of alkyl carbamates (subject to hydrolysis) is 1. The minimum Gasteiger partial charge on any atom is -0.446 e. The van der Waals surface area contributed by atoms with Gasteiger partial charge in [-0.25, -0.2) is 4.79 Å². The first-order valence-electron chi connectivity index (χ1n) is 10.5. The van der Waals surface area contributed by atoms with Crippen LogP contribution in [0.4, 0.5) is 16.3 Å². The smallest absolute Gasteiger partial charge is 0.407 e. The summed E-state index contributed by atoms with van der Waals surface area (Å²) in [7, 11) is 0. The zero-order valence-corrected chi connectivity index (χ0v) is 16.6. The van der Waals surface area contributed by atoms with Gasteiger partial charge in [0, 0.05) is 41.7 Å². The number of ether oxygens (including phenoxy) is 2. The van der Waals surface area contributed by atoms with E-state index in [2.05, 4.69) is 25.8 Å². The molecule has 8 nitrogen and oxygen atoms in total. The molecule has 1 amide bonds. The predicted octanol–water partition coefficient (Wildman–Crippen LogP) is 3.92. The molecule has 2 aromatic rings. The van der Waals surface area contributed by atoms with Crippen molar-refractivity contribution >= 4 is 17.6 Å². The van der Waals surface area contributed by atoms with Crippen LogP contribution in [0.2, 0.25) is 0 Å². The molecule has 0 saturated heterocycles.